The SMILES string of the molecule is CCCNC1C(=O)Nc2cc(N3CCCC(C)C3)ccc21. The maximum absolute atomic E-state index is 12.1. The van der Waals surface area contributed by atoms with Crippen molar-refractivity contribution in [2.45, 2.75) is 39.2 Å². The number of carbonyl (C=O) groups is 1. The maximum Gasteiger partial charge on any atom is 0.246 e. The Kier molecular flexibility index (Phi) is 4.15. The van der Waals surface area contributed by atoms with Crippen molar-refractivity contribution in [1.29, 1.82) is 0 Å². The molecule has 2 aliphatic heterocycles. The molecule has 1 amide bonds. The van der Waals surface area contributed by atoms with Crippen molar-refractivity contribution in [3.63, 3.8) is 0 Å². The van der Waals surface area contributed by atoms with Crippen LogP contribution in [0.25, 0.3) is 0 Å². The van der Waals surface area contributed by atoms with Crippen molar-refractivity contribution in [1.82, 2.24) is 5.32 Å². The fourth-order valence-electron chi connectivity index (χ4n) is 3.36. The van der Waals surface area contributed by atoms with Gasteiger partial charge in [0, 0.05) is 30.0 Å². The van der Waals surface area contributed by atoms with E-state index in [2.05, 4.69) is 47.6 Å². The van der Waals surface area contributed by atoms with E-state index in [9.17, 15) is 4.79 Å². The second-order valence-electron chi connectivity index (χ2n) is 6.34. The second-order valence-corrected chi connectivity index (χ2v) is 6.34. The molecule has 2 N–H and O–H groups in total. The first-order valence-corrected chi connectivity index (χ1v) is 8.12. The van der Waals surface area contributed by atoms with Gasteiger partial charge in [0.15, 0.2) is 0 Å². The number of nitrogens with zero attached hydrogens (tertiary/aromatic N) is 1. The quantitative estimate of drug-likeness (QED) is 0.895. The molecule has 114 valence electrons. The predicted octanol–water partition coefficient (Wildman–Crippen LogP) is 2.92. The summed E-state index contributed by atoms with van der Waals surface area (Å²) in [5.74, 6) is 0.822. The summed E-state index contributed by atoms with van der Waals surface area (Å²) < 4.78 is 0. The van der Waals surface area contributed by atoms with Crippen LogP contribution in [0.4, 0.5) is 11.4 Å². The minimum atomic E-state index is -0.186. The molecule has 1 aromatic carbocycles. The van der Waals surface area contributed by atoms with E-state index in [4.69, 9.17) is 0 Å². The van der Waals surface area contributed by atoms with Gasteiger partial charge in [0.25, 0.3) is 0 Å². The van der Waals surface area contributed by atoms with E-state index in [1.807, 2.05) is 0 Å². The number of amides is 1. The van der Waals surface area contributed by atoms with Crippen molar-refractivity contribution in [2.24, 2.45) is 5.92 Å². The van der Waals surface area contributed by atoms with Gasteiger partial charge in [0.2, 0.25) is 5.91 Å². The molecule has 2 atom stereocenters. The van der Waals surface area contributed by atoms with Gasteiger partial charge in [-0.3, -0.25) is 4.79 Å². The summed E-state index contributed by atoms with van der Waals surface area (Å²) in [7, 11) is 0. The lowest BCUT2D eigenvalue weighted by atomic mass is 9.99. The van der Waals surface area contributed by atoms with Crippen molar-refractivity contribution in [3.8, 4) is 0 Å². The number of piperidine rings is 1. The first kappa shape index (κ1) is 14.4. The number of hydrogen-bond acceptors (Lipinski definition) is 3. The lowest BCUT2D eigenvalue weighted by Gasteiger charge is -2.33. The Balaban J connectivity index is 1.79. The standard InChI is InChI=1S/C17H25N3O/c1-3-8-18-16-14-7-6-13(10-15(14)19-17(16)21)20-9-4-5-12(2)11-20/h6-7,10,12,16,18H,3-5,8-9,11H2,1-2H3,(H,19,21). The molecule has 0 saturated carbocycles. The molecule has 0 spiro atoms. The van der Waals surface area contributed by atoms with Crippen molar-refractivity contribution in [3.05, 3.63) is 23.8 Å². The fraction of sp³-hybridized carbons (Fsp3) is 0.588. The molecule has 0 bridgehead atoms. The number of benzene rings is 1. The van der Waals surface area contributed by atoms with Gasteiger partial charge in [-0.05, 0) is 43.9 Å². The normalized spacial score (nSPS) is 24.9. The average Bonchev–Trinajstić information content (AvgIpc) is 2.79. The van der Waals surface area contributed by atoms with Crippen LogP contribution in [-0.4, -0.2) is 25.5 Å². The number of fused-ring (bicyclic) bond motifs is 1. The summed E-state index contributed by atoms with van der Waals surface area (Å²) in [6.07, 6.45) is 3.61. The van der Waals surface area contributed by atoms with Gasteiger partial charge < -0.3 is 15.5 Å². The highest BCUT2D eigenvalue weighted by atomic mass is 16.2. The van der Waals surface area contributed by atoms with Crippen LogP contribution in [0, 0.1) is 5.92 Å². The van der Waals surface area contributed by atoms with Crippen LogP contribution in [0.2, 0.25) is 0 Å². The lowest BCUT2D eigenvalue weighted by molar-refractivity contribution is -0.117. The molecule has 2 unspecified atom stereocenters. The van der Waals surface area contributed by atoms with Crippen LogP contribution in [0.15, 0.2) is 18.2 Å². The molecule has 21 heavy (non-hydrogen) atoms. The molecule has 2 aliphatic rings. The zero-order valence-corrected chi connectivity index (χ0v) is 13.0. The van der Waals surface area contributed by atoms with Crippen molar-refractivity contribution >= 4 is 17.3 Å². The molecule has 2 heterocycles. The minimum absolute atomic E-state index is 0.0719. The number of carbonyl (C=O) groups excluding carboxylic acids is 1. The van der Waals surface area contributed by atoms with E-state index in [1.54, 1.807) is 0 Å². The molecule has 0 aromatic heterocycles. The number of anilines is 2. The van der Waals surface area contributed by atoms with Gasteiger partial charge in [-0.2, -0.15) is 0 Å². The highest BCUT2D eigenvalue weighted by Crippen LogP contribution is 2.35. The molecular formula is C17H25N3O. The smallest absolute Gasteiger partial charge is 0.246 e. The van der Waals surface area contributed by atoms with Gasteiger partial charge in [0.05, 0.1) is 0 Å². The molecule has 1 saturated heterocycles. The third-order valence-electron chi connectivity index (χ3n) is 4.49. The molecule has 4 heteroatoms. The van der Waals surface area contributed by atoms with Crippen molar-refractivity contribution in [2.75, 3.05) is 29.9 Å². The van der Waals surface area contributed by atoms with Gasteiger partial charge in [-0.1, -0.05) is 19.9 Å². The Labute approximate surface area is 126 Å². The van der Waals surface area contributed by atoms with E-state index in [0.717, 1.165) is 43.2 Å². The fourth-order valence-corrected chi connectivity index (χ4v) is 3.36. The Morgan fingerprint density at radius 3 is 3.05 bits per heavy atom. The molecule has 4 nitrogen and oxygen atoms in total. The summed E-state index contributed by atoms with van der Waals surface area (Å²) in [6, 6.07) is 6.22. The third-order valence-corrected chi connectivity index (χ3v) is 4.49. The van der Waals surface area contributed by atoms with E-state index in [1.165, 1.54) is 18.5 Å². The van der Waals surface area contributed by atoms with Crippen LogP contribution >= 0.6 is 0 Å². The van der Waals surface area contributed by atoms with E-state index < -0.39 is 0 Å². The van der Waals surface area contributed by atoms with Crippen LogP contribution in [0.5, 0.6) is 0 Å². The van der Waals surface area contributed by atoms with Crippen LogP contribution in [-0.2, 0) is 4.79 Å². The summed E-state index contributed by atoms with van der Waals surface area (Å²) in [5.41, 5.74) is 3.29. The first-order chi connectivity index (χ1) is 10.2. The van der Waals surface area contributed by atoms with E-state index in [0.29, 0.717) is 0 Å². The van der Waals surface area contributed by atoms with Crippen LogP contribution < -0.4 is 15.5 Å². The van der Waals surface area contributed by atoms with E-state index in [-0.39, 0.29) is 11.9 Å². The van der Waals surface area contributed by atoms with Gasteiger partial charge in [0.1, 0.15) is 6.04 Å². The van der Waals surface area contributed by atoms with E-state index >= 15 is 0 Å². The summed E-state index contributed by atoms with van der Waals surface area (Å²) in [4.78, 5) is 14.5. The Morgan fingerprint density at radius 1 is 1.43 bits per heavy atom. The number of rotatable bonds is 4. The lowest BCUT2D eigenvalue weighted by Crippen LogP contribution is -2.34. The number of hydrogen-bond donors (Lipinski definition) is 2. The average molecular weight is 287 g/mol. The third kappa shape index (κ3) is 2.91. The Bertz CT molecular complexity index is 529. The molecule has 1 aromatic rings. The highest BCUT2D eigenvalue weighted by molar-refractivity contribution is 6.03. The maximum atomic E-state index is 12.1. The van der Waals surface area contributed by atoms with Gasteiger partial charge in [-0.25, -0.2) is 0 Å². The summed E-state index contributed by atoms with van der Waals surface area (Å²) in [6.45, 7) is 7.52. The van der Waals surface area contributed by atoms with Gasteiger partial charge >= 0.3 is 0 Å². The highest BCUT2D eigenvalue weighted by Gasteiger charge is 2.30. The molecule has 3 rings (SSSR count). The number of nitrogens with one attached hydrogen (secondary N) is 2. The molecule has 0 radical (unpaired) electrons. The first-order valence-electron chi connectivity index (χ1n) is 8.12. The minimum Gasteiger partial charge on any atom is -0.371 e. The zero-order valence-electron chi connectivity index (χ0n) is 13.0. The largest absolute Gasteiger partial charge is 0.371 e. The molecular weight excluding hydrogens is 262 g/mol. The second kappa shape index (κ2) is 6.06. The topological polar surface area (TPSA) is 44.4 Å². The van der Waals surface area contributed by atoms with Crippen LogP contribution in [0.1, 0.15) is 44.7 Å². The van der Waals surface area contributed by atoms with Crippen molar-refractivity contribution < 1.29 is 4.79 Å². The summed E-state index contributed by atoms with van der Waals surface area (Å²) in [5, 5.41) is 6.34. The Hall–Kier alpha value is -1.55. The van der Waals surface area contributed by atoms with Gasteiger partial charge in [-0.15, -0.1) is 0 Å². The predicted molar refractivity (Wildman–Crippen MR) is 86.7 cm³/mol. The monoisotopic (exact) mass is 287 g/mol. The van der Waals surface area contributed by atoms with Crippen LogP contribution in [0.3, 0.4) is 0 Å². The summed E-state index contributed by atoms with van der Waals surface area (Å²) >= 11 is 0. The molecule has 0 aliphatic carbocycles. The zero-order chi connectivity index (χ0) is 14.8. The molecule has 1 fully saturated rings. The Morgan fingerprint density at radius 2 is 2.29 bits per heavy atom.